The van der Waals surface area contributed by atoms with Gasteiger partial charge in [0.2, 0.25) is 5.91 Å². The van der Waals surface area contributed by atoms with Crippen molar-refractivity contribution in [3.63, 3.8) is 0 Å². The average Bonchev–Trinajstić information content (AvgIpc) is 2.91. The normalized spacial score (nSPS) is 12.1. The van der Waals surface area contributed by atoms with Crippen molar-refractivity contribution < 1.29 is 9.90 Å². The van der Waals surface area contributed by atoms with Gasteiger partial charge in [-0.1, -0.05) is 23.7 Å². The summed E-state index contributed by atoms with van der Waals surface area (Å²) in [5.41, 5.74) is 0.735. The van der Waals surface area contributed by atoms with E-state index < -0.39 is 6.10 Å². The van der Waals surface area contributed by atoms with Crippen LogP contribution in [0.1, 0.15) is 30.3 Å². The molecule has 1 heterocycles. The largest absolute Gasteiger partial charge is 0.387 e. The third-order valence-electron chi connectivity index (χ3n) is 3.47. The number of nitrogens with zero attached hydrogens (tertiary/aromatic N) is 2. The predicted octanol–water partition coefficient (Wildman–Crippen LogP) is 2.47. The van der Waals surface area contributed by atoms with Crippen molar-refractivity contribution in [2.24, 2.45) is 0 Å². The Morgan fingerprint density at radius 2 is 2.14 bits per heavy atom. The molecular formula is C16H20ClN3O2. The second-order valence-corrected chi connectivity index (χ2v) is 5.58. The highest BCUT2D eigenvalue weighted by molar-refractivity contribution is 6.30. The first-order valence-corrected chi connectivity index (χ1v) is 7.62. The minimum Gasteiger partial charge on any atom is -0.387 e. The molecule has 0 aliphatic carbocycles. The van der Waals surface area contributed by atoms with Gasteiger partial charge in [0.1, 0.15) is 5.82 Å². The number of rotatable bonds is 7. The maximum atomic E-state index is 11.8. The number of aromatic nitrogens is 2. The molecule has 5 nitrogen and oxygen atoms in total. The van der Waals surface area contributed by atoms with Crippen LogP contribution in [0.4, 0.5) is 0 Å². The van der Waals surface area contributed by atoms with Gasteiger partial charge >= 0.3 is 0 Å². The highest BCUT2D eigenvalue weighted by Gasteiger charge is 2.09. The number of aliphatic hydroxyl groups is 1. The third-order valence-corrected chi connectivity index (χ3v) is 3.73. The molecule has 2 rings (SSSR count). The summed E-state index contributed by atoms with van der Waals surface area (Å²) < 4.78 is 2.01. The summed E-state index contributed by atoms with van der Waals surface area (Å²) in [5.74, 6) is 0.879. The highest BCUT2D eigenvalue weighted by Crippen LogP contribution is 2.15. The molecule has 6 heteroatoms. The number of hydrogen-bond acceptors (Lipinski definition) is 3. The molecule has 1 aromatic heterocycles. The predicted molar refractivity (Wildman–Crippen MR) is 85.6 cm³/mol. The van der Waals surface area contributed by atoms with Crippen LogP contribution in [0, 0.1) is 6.92 Å². The number of imidazole rings is 1. The number of benzene rings is 1. The molecule has 0 saturated carbocycles. The third kappa shape index (κ3) is 4.86. The number of aliphatic hydroxyl groups excluding tert-OH is 1. The van der Waals surface area contributed by atoms with Crippen LogP contribution in [0.5, 0.6) is 0 Å². The maximum Gasteiger partial charge on any atom is 0.220 e. The number of aryl methyl sites for hydroxylation is 2. The van der Waals surface area contributed by atoms with Crippen LogP contribution < -0.4 is 5.32 Å². The molecule has 1 amide bonds. The van der Waals surface area contributed by atoms with Crippen molar-refractivity contribution in [1.29, 1.82) is 0 Å². The lowest BCUT2D eigenvalue weighted by atomic mass is 10.1. The van der Waals surface area contributed by atoms with Crippen molar-refractivity contribution in [3.8, 4) is 0 Å². The van der Waals surface area contributed by atoms with E-state index in [0.717, 1.165) is 24.4 Å². The van der Waals surface area contributed by atoms with E-state index in [-0.39, 0.29) is 12.5 Å². The fourth-order valence-electron chi connectivity index (χ4n) is 2.15. The Labute approximate surface area is 134 Å². The van der Waals surface area contributed by atoms with Crippen molar-refractivity contribution in [2.45, 2.75) is 32.4 Å². The summed E-state index contributed by atoms with van der Waals surface area (Å²) in [5, 5.41) is 13.4. The van der Waals surface area contributed by atoms with E-state index in [9.17, 15) is 9.90 Å². The van der Waals surface area contributed by atoms with Gasteiger partial charge < -0.3 is 15.0 Å². The van der Waals surface area contributed by atoms with E-state index in [4.69, 9.17) is 11.6 Å². The first-order valence-electron chi connectivity index (χ1n) is 7.24. The Morgan fingerprint density at radius 1 is 1.41 bits per heavy atom. The minimum atomic E-state index is -0.725. The van der Waals surface area contributed by atoms with Crippen LogP contribution in [0.3, 0.4) is 0 Å². The van der Waals surface area contributed by atoms with Gasteiger partial charge in [-0.25, -0.2) is 4.98 Å². The topological polar surface area (TPSA) is 67.2 Å². The molecule has 0 spiro atoms. The number of nitrogens with one attached hydrogen (secondary N) is 1. The molecule has 1 atom stereocenters. The lowest BCUT2D eigenvalue weighted by Crippen LogP contribution is -2.28. The fraction of sp³-hybridized carbons (Fsp3) is 0.375. The van der Waals surface area contributed by atoms with E-state index >= 15 is 0 Å². The number of amides is 1. The first kappa shape index (κ1) is 16.5. The molecule has 0 radical (unpaired) electrons. The van der Waals surface area contributed by atoms with Crippen LogP contribution in [0.15, 0.2) is 36.7 Å². The smallest absolute Gasteiger partial charge is 0.220 e. The van der Waals surface area contributed by atoms with E-state index in [1.54, 1.807) is 30.5 Å². The zero-order chi connectivity index (χ0) is 15.9. The van der Waals surface area contributed by atoms with Crippen molar-refractivity contribution >= 4 is 17.5 Å². The van der Waals surface area contributed by atoms with Crippen molar-refractivity contribution in [3.05, 3.63) is 53.1 Å². The van der Waals surface area contributed by atoms with E-state index in [1.165, 1.54) is 0 Å². The van der Waals surface area contributed by atoms with Crippen LogP contribution in [-0.4, -0.2) is 27.1 Å². The van der Waals surface area contributed by atoms with Crippen LogP contribution >= 0.6 is 11.6 Å². The molecule has 2 aromatic rings. The quantitative estimate of drug-likeness (QED) is 0.823. The molecule has 1 aromatic carbocycles. The SMILES string of the molecule is Cc1nccn1CCCC(=O)NCC(O)c1ccc(Cl)cc1. The van der Waals surface area contributed by atoms with Crippen LogP contribution in [0.25, 0.3) is 0 Å². The van der Waals surface area contributed by atoms with E-state index in [2.05, 4.69) is 10.3 Å². The molecule has 0 fully saturated rings. The number of hydrogen-bond donors (Lipinski definition) is 2. The molecular weight excluding hydrogens is 302 g/mol. The fourth-order valence-corrected chi connectivity index (χ4v) is 2.28. The van der Waals surface area contributed by atoms with Crippen LogP contribution in [0.2, 0.25) is 5.02 Å². The zero-order valence-electron chi connectivity index (χ0n) is 12.5. The summed E-state index contributed by atoms with van der Waals surface area (Å²) >= 11 is 5.80. The van der Waals surface area contributed by atoms with Gasteiger partial charge in [-0.05, 0) is 31.0 Å². The Morgan fingerprint density at radius 3 is 2.77 bits per heavy atom. The lowest BCUT2D eigenvalue weighted by Gasteiger charge is -2.12. The number of carbonyl (C=O) groups excluding carboxylic acids is 1. The summed E-state index contributed by atoms with van der Waals surface area (Å²) in [6.45, 7) is 2.89. The molecule has 0 saturated heterocycles. The summed E-state index contributed by atoms with van der Waals surface area (Å²) in [4.78, 5) is 15.9. The Kier molecular flexibility index (Phi) is 5.98. The zero-order valence-corrected chi connectivity index (χ0v) is 13.3. The van der Waals surface area contributed by atoms with Gasteiger partial charge in [0.05, 0.1) is 6.10 Å². The lowest BCUT2D eigenvalue weighted by molar-refractivity contribution is -0.121. The van der Waals surface area contributed by atoms with Gasteiger partial charge in [0, 0.05) is 36.9 Å². The van der Waals surface area contributed by atoms with Gasteiger partial charge in [-0.3, -0.25) is 4.79 Å². The van der Waals surface area contributed by atoms with E-state index in [0.29, 0.717) is 11.4 Å². The summed E-state index contributed by atoms with van der Waals surface area (Å²) in [6, 6.07) is 6.94. The van der Waals surface area contributed by atoms with Crippen molar-refractivity contribution in [2.75, 3.05) is 6.54 Å². The molecule has 2 N–H and O–H groups in total. The summed E-state index contributed by atoms with van der Waals surface area (Å²) in [7, 11) is 0. The Hall–Kier alpha value is -1.85. The molecule has 118 valence electrons. The maximum absolute atomic E-state index is 11.8. The number of halogens is 1. The van der Waals surface area contributed by atoms with E-state index in [1.807, 2.05) is 17.7 Å². The average molecular weight is 322 g/mol. The second-order valence-electron chi connectivity index (χ2n) is 5.14. The number of carbonyl (C=O) groups is 1. The van der Waals surface area contributed by atoms with Gasteiger partial charge in [0.25, 0.3) is 0 Å². The Bertz CT molecular complexity index is 610. The van der Waals surface area contributed by atoms with Gasteiger partial charge in [-0.15, -0.1) is 0 Å². The molecule has 0 aliphatic rings. The second kappa shape index (κ2) is 7.96. The standard InChI is InChI=1S/C16H20ClN3O2/c1-12-18-8-10-20(12)9-2-3-16(22)19-11-15(21)13-4-6-14(17)7-5-13/h4-8,10,15,21H,2-3,9,11H2,1H3,(H,19,22). The molecule has 0 aliphatic heterocycles. The monoisotopic (exact) mass is 321 g/mol. The summed E-state index contributed by atoms with van der Waals surface area (Å²) in [6.07, 6.45) is 4.08. The van der Waals surface area contributed by atoms with Crippen molar-refractivity contribution in [1.82, 2.24) is 14.9 Å². The van der Waals surface area contributed by atoms with Gasteiger partial charge in [0.15, 0.2) is 0 Å². The minimum absolute atomic E-state index is 0.0641. The van der Waals surface area contributed by atoms with Crippen LogP contribution in [-0.2, 0) is 11.3 Å². The molecule has 22 heavy (non-hydrogen) atoms. The molecule has 0 bridgehead atoms. The highest BCUT2D eigenvalue weighted by atomic mass is 35.5. The Balaban J connectivity index is 1.69. The van der Waals surface area contributed by atoms with Gasteiger partial charge in [-0.2, -0.15) is 0 Å². The first-order chi connectivity index (χ1) is 10.6. The molecule has 1 unspecified atom stereocenters.